The van der Waals surface area contributed by atoms with Crippen LogP contribution in [0.1, 0.15) is 23.0 Å². The Balaban J connectivity index is 1.58. The molecule has 3 aromatic rings. The Labute approximate surface area is 164 Å². The number of aromatic nitrogens is 2. The number of benzene rings is 1. The molecule has 0 aliphatic carbocycles. The third-order valence-electron chi connectivity index (χ3n) is 3.97. The van der Waals surface area contributed by atoms with Gasteiger partial charge >= 0.3 is 0 Å². The maximum atomic E-state index is 12.2. The smallest absolute Gasteiger partial charge is 0.270 e. The number of pyridine rings is 1. The van der Waals surface area contributed by atoms with Crippen molar-refractivity contribution >= 4 is 34.7 Å². The molecule has 0 bridgehead atoms. The van der Waals surface area contributed by atoms with Crippen molar-refractivity contribution in [2.45, 2.75) is 19.5 Å². The average Bonchev–Trinajstić information content (AvgIpc) is 3.07. The molecule has 0 saturated heterocycles. The van der Waals surface area contributed by atoms with Gasteiger partial charge in [-0.3, -0.25) is 19.7 Å². The molecule has 2 amide bonds. The topological polar surface area (TPSA) is 119 Å². The van der Waals surface area contributed by atoms with Crippen molar-refractivity contribution in [2.24, 2.45) is 0 Å². The van der Waals surface area contributed by atoms with Gasteiger partial charge in [0, 0.05) is 30.1 Å². The number of nitrogens with zero attached hydrogens (tertiary/aromatic N) is 3. The fourth-order valence-electron chi connectivity index (χ4n) is 2.54. The molecule has 0 fully saturated rings. The van der Waals surface area contributed by atoms with E-state index in [2.05, 4.69) is 15.6 Å². The van der Waals surface area contributed by atoms with E-state index < -0.39 is 22.8 Å². The molecule has 0 radical (unpaired) electrons. The van der Waals surface area contributed by atoms with E-state index in [4.69, 9.17) is 11.6 Å². The summed E-state index contributed by atoms with van der Waals surface area (Å²) in [6, 6.07) is 7.94. The predicted octanol–water partition coefficient (Wildman–Crippen LogP) is 2.33. The highest BCUT2D eigenvalue weighted by Gasteiger charge is 2.18. The van der Waals surface area contributed by atoms with Crippen molar-refractivity contribution < 1.29 is 14.5 Å². The molecule has 2 aromatic heterocycles. The van der Waals surface area contributed by atoms with Crippen molar-refractivity contribution in [3.63, 3.8) is 0 Å². The number of carbonyl (C=O) groups is 2. The Hall–Kier alpha value is -3.46. The van der Waals surface area contributed by atoms with E-state index in [1.807, 2.05) is 0 Å². The molecular weight excluding hydrogens is 386 g/mol. The summed E-state index contributed by atoms with van der Waals surface area (Å²) < 4.78 is 1.75. The number of amides is 2. The van der Waals surface area contributed by atoms with Crippen LogP contribution in [0.5, 0.6) is 0 Å². The van der Waals surface area contributed by atoms with Gasteiger partial charge in [-0.1, -0.05) is 17.7 Å². The van der Waals surface area contributed by atoms with Crippen molar-refractivity contribution in [3.8, 4) is 0 Å². The maximum absolute atomic E-state index is 12.2. The zero-order valence-electron chi connectivity index (χ0n) is 14.8. The number of imidazole rings is 1. The van der Waals surface area contributed by atoms with Gasteiger partial charge in [0.15, 0.2) is 0 Å². The number of halogens is 1. The molecule has 0 aliphatic heterocycles. The van der Waals surface area contributed by atoms with Crippen LogP contribution >= 0.6 is 11.6 Å². The zero-order chi connectivity index (χ0) is 20.3. The van der Waals surface area contributed by atoms with E-state index in [9.17, 15) is 19.7 Å². The Bertz CT molecular complexity index is 1070. The summed E-state index contributed by atoms with van der Waals surface area (Å²) in [5.74, 6) is -0.984. The average molecular weight is 402 g/mol. The lowest BCUT2D eigenvalue weighted by Gasteiger charge is -2.13. The Morgan fingerprint density at radius 3 is 2.82 bits per heavy atom. The number of non-ortho nitro benzene ring substituents is 1. The van der Waals surface area contributed by atoms with Crippen LogP contribution in [-0.2, 0) is 11.3 Å². The van der Waals surface area contributed by atoms with Crippen LogP contribution in [-0.4, -0.2) is 32.2 Å². The van der Waals surface area contributed by atoms with Gasteiger partial charge in [-0.05, 0) is 25.1 Å². The largest absolute Gasteiger partial charge is 0.349 e. The highest BCUT2D eigenvalue weighted by atomic mass is 35.5. The fraction of sp³-hybridized carbons (Fsp3) is 0.167. The minimum absolute atomic E-state index is 0.103. The molecule has 0 saturated carbocycles. The minimum Gasteiger partial charge on any atom is -0.349 e. The van der Waals surface area contributed by atoms with E-state index in [0.29, 0.717) is 16.4 Å². The highest BCUT2D eigenvalue weighted by molar-refractivity contribution is 6.30. The normalized spacial score (nSPS) is 11.8. The van der Waals surface area contributed by atoms with Crippen LogP contribution in [0.25, 0.3) is 5.65 Å². The number of nitro benzene ring substituents is 1. The zero-order valence-corrected chi connectivity index (χ0v) is 15.5. The lowest BCUT2D eigenvalue weighted by molar-refractivity contribution is -0.384. The van der Waals surface area contributed by atoms with Crippen LogP contribution < -0.4 is 10.6 Å². The third-order valence-corrected chi connectivity index (χ3v) is 4.19. The first-order valence-electron chi connectivity index (χ1n) is 8.29. The summed E-state index contributed by atoms with van der Waals surface area (Å²) in [6.07, 6.45) is 3.45. The van der Waals surface area contributed by atoms with Crippen molar-refractivity contribution in [3.05, 3.63) is 75.2 Å². The van der Waals surface area contributed by atoms with Gasteiger partial charge < -0.3 is 15.0 Å². The Morgan fingerprint density at radius 2 is 2.07 bits per heavy atom. The van der Waals surface area contributed by atoms with Crippen LogP contribution in [0.3, 0.4) is 0 Å². The molecule has 2 heterocycles. The van der Waals surface area contributed by atoms with E-state index in [0.717, 1.165) is 6.07 Å². The molecule has 1 aromatic carbocycles. The molecule has 144 valence electrons. The first-order valence-corrected chi connectivity index (χ1v) is 8.67. The number of rotatable bonds is 6. The molecule has 2 N–H and O–H groups in total. The van der Waals surface area contributed by atoms with Crippen molar-refractivity contribution in [1.82, 2.24) is 20.0 Å². The second-order valence-electron chi connectivity index (χ2n) is 6.07. The van der Waals surface area contributed by atoms with Crippen LogP contribution in [0, 0.1) is 10.1 Å². The summed E-state index contributed by atoms with van der Waals surface area (Å²) in [7, 11) is 0. The number of hydrogen-bond donors (Lipinski definition) is 2. The molecule has 1 unspecified atom stereocenters. The lowest BCUT2D eigenvalue weighted by Crippen LogP contribution is -2.44. The fourth-order valence-corrected chi connectivity index (χ4v) is 2.71. The van der Waals surface area contributed by atoms with Gasteiger partial charge in [-0.25, -0.2) is 4.98 Å². The number of nitro groups is 1. The molecule has 1 atom stereocenters. The summed E-state index contributed by atoms with van der Waals surface area (Å²) in [6.45, 7) is 1.70. The minimum atomic E-state index is -0.835. The number of fused-ring (bicyclic) bond motifs is 1. The van der Waals surface area contributed by atoms with Crippen molar-refractivity contribution in [2.75, 3.05) is 0 Å². The molecular formula is C18H16ClN5O4. The van der Waals surface area contributed by atoms with E-state index in [1.54, 1.807) is 28.9 Å². The van der Waals surface area contributed by atoms with Gasteiger partial charge in [0.25, 0.3) is 11.6 Å². The Morgan fingerprint density at radius 1 is 1.29 bits per heavy atom. The van der Waals surface area contributed by atoms with Crippen LogP contribution in [0.2, 0.25) is 5.02 Å². The van der Waals surface area contributed by atoms with Crippen LogP contribution in [0.15, 0.2) is 48.8 Å². The molecule has 28 heavy (non-hydrogen) atoms. The number of carbonyl (C=O) groups excluding carboxylic acids is 2. The maximum Gasteiger partial charge on any atom is 0.270 e. The predicted molar refractivity (Wildman–Crippen MR) is 102 cm³/mol. The van der Waals surface area contributed by atoms with E-state index in [1.165, 1.54) is 25.1 Å². The SMILES string of the molecule is CC(NC(=O)c1cccc([N+](=O)[O-])c1)C(=O)NCc1cn2cc(Cl)ccc2n1. The van der Waals surface area contributed by atoms with Crippen molar-refractivity contribution in [1.29, 1.82) is 0 Å². The van der Waals surface area contributed by atoms with Gasteiger partial charge in [0.05, 0.1) is 22.2 Å². The first kappa shape index (κ1) is 19.3. The molecule has 0 spiro atoms. The van der Waals surface area contributed by atoms with E-state index in [-0.39, 0.29) is 17.8 Å². The summed E-state index contributed by atoms with van der Waals surface area (Å²) in [5, 5.41) is 16.6. The van der Waals surface area contributed by atoms with Gasteiger partial charge in [0.1, 0.15) is 11.7 Å². The second-order valence-corrected chi connectivity index (χ2v) is 6.50. The number of hydrogen-bond acceptors (Lipinski definition) is 5. The standard InChI is InChI=1S/C18H16ClN5O4/c1-11(21-18(26)12-3-2-4-15(7-12)24(27)28)17(25)20-8-14-10-23-9-13(19)5-6-16(23)22-14/h2-7,9-11H,8H2,1H3,(H,20,25)(H,21,26). The summed E-state index contributed by atoms with van der Waals surface area (Å²) >= 11 is 5.93. The van der Waals surface area contributed by atoms with Gasteiger partial charge in [-0.15, -0.1) is 0 Å². The second kappa shape index (κ2) is 8.05. The highest BCUT2D eigenvalue weighted by Crippen LogP contribution is 2.13. The molecule has 9 nitrogen and oxygen atoms in total. The van der Waals surface area contributed by atoms with Crippen LogP contribution in [0.4, 0.5) is 5.69 Å². The third kappa shape index (κ3) is 4.44. The first-order chi connectivity index (χ1) is 13.3. The number of nitrogens with one attached hydrogen (secondary N) is 2. The molecule has 10 heteroatoms. The molecule has 0 aliphatic rings. The lowest BCUT2D eigenvalue weighted by atomic mass is 10.1. The van der Waals surface area contributed by atoms with Gasteiger partial charge in [-0.2, -0.15) is 0 Å². The monoisotopic (exact) mass is 401 g/mol. The quantitative estimate of drug-likeness (QED) is 0.485. The summed E-state index contributed by atoms with van der Waals surface area (Å²) in [5.41, 5.74) is 1.23. The Kier molecular flexibility index (Phi) is 5.55. The van der Waals surface area contributed by atoms with E-state index >= 15 is 0 Å². The molecule has 3 rings (SSSR count). The summed E-state index contributed by atoms with van der Waals surface area (Å²) in [4.78, 5) is 39.0. The van der Waals surface area contributed by atoms with Gasteiger partial charge in [0.2, 0.25) is 5.91 Å².